The molecule has 0 saturated carbocycles. The standard InChI is InChI=1S/C26H36N2O3S.C2H6/c1-4-21-5-7-24(8-6-21)28(18-20(2)3)32(29,30)25-9-10-26-23(17-25)11-14-27(26)19-22-12-15-31-16-13-22;1-2/h5-10,17,20,22H,4,11-16,18-19H2,1-3H3;1-2H3. The first-order chi connectivity index (χ1) is 16.4. The van der Waals surface area contributed by atoms with Gasteiger partial charge in [0, 0.05) is 38.5 Å². The molecule has 2 heterocycles. The fraction of sp³-hybridized carbons (Fsp3) is 0.571. The summed E-state index contributed by atoms with van der Waals surface area (Å²) < 4.78 is 34.5. The minimum absolute atomic E-state index is 0.222. The Labute approximate surface area is 207 Å². The molecule has 0 atom stereocenters. The van der Waals surface area contributed by atoms with E-state index in [1.165, 1.54) is 11.3 Å². The lowest BCUT2D eigenvalue weighted by atomic mass is 10.00. The van der Waals surface area contributed by atoms with Crippen LogP contribution in [0.4, 0.5) is 11.4 Å². The summed E-state index contributed by atoms with van der Waals surface area (Å²) >= 11 is 0. The minimum Gasteiger partial charge on any atom is -0.381 e. The molecule has 2 aliphatic heterocycles. The van der Waals surface area contributed by atoms with Crippen LogP contribution in [0.2, 0.25) is 0 Å². The predicted octanol–water partition coefficient (Wildman–Crippen LogP) is 5.92. The molecule has 6 heteroatoms. The molecule has 0 amide bonds. The van der Waals surface area contributed by atoms with E-state index in [2.05, 4.69) is 25.7 Å². The summed E-state index contributed by atoms with van der Waals surface area (Å²) in [4.78, 5) is 2.82. The van der Waals surface area contributed by atoms with Crippen molar-refractivity contribution in [3.05, 3.63) is 53.6 Å². The maximum atomic E-state index is 13.7. The molecule has 0 aliphatic carbocycles. The normalized spacial score (nSPS) is 16.2. The molecular weight excluding hydrogens is 444 g/mol. The van der Waals surface area contributed by atoms with Crippen LogP contribution in [0.3, 0.4) is 0 Å². The summed E-state index contributed by atoms with van der Waals surface area (Å²) in [5.41, 5.74) is 4.28. The Kier molecular flexibility index (Phi) is 9.43. The van der Waals surface area contributed by atoms with Gasteiger partial charge >= 0.3 is 0 Å². The van der Waals surface area contributed by atoms with Crippen molar-refractivity contribution in [2.24, 2.45) is 11.8 Å². The number of nitrogens with zero attached hydrogens (tertiary/aromatic N) is 2. The molecule has 188 valence electrons. The minimum atomic E-state index is -3.64. The highest BCUT2D eigenvalue weighted by Crippen LogP contribution is 2.34. The fourth-order valence-electron chi connectivity index (χ4n) is 4.74. The zero-order valence-electron chi connectivity index (χ0n) is 21.6. The zero-order valence-corrected chi connectivity index (χ0v) is 22.4. The summed E-state index contributed by atoms with van der Waals surface area (Å²) in [6, 6.07) is 13.6. The van der Waals surface area contributed by atoms with Crippen LogP contribution in [0, 0.1) is 11.8 Å². The van der Waals surface area contributed by atoms with Gasteiger partial charge < -0.3 is 9.64 Å². The first-order valence-corrected chi connectivity index (χ1v) is 14.4. The molecule has 0 bridgehead atoms. The first-order valence-electron chi connectivity index (χ1n) is 13.0. The van der Waals surface area contributed by atoms with E-state index >= 15 is 0 Å². The van der Waals surface area contributed by atoms with Crippen LogP contribution >= 0.6 is 0 Å². The van der Waals surface area contributed by atoms with E-state index in [9.17, 15) is 8.42 Å². The van der Waals surface area contributed by atoms with E-state index < -0.39 is 10.0 Å². The van der Waals surface area contributed by atoms with Gasteiger partial charge in [-0.15, -0.1) is 0 Å². The lowest BCUT2D eigenvalue weighted by Gasteiger charge is -2.29. The predicted molar refractivity (Wildman–Crippen MR) is 142 cm³/mol. The maximum absolute atomic E-state index is 13.7. The van der Waals surface area contributed by atoms with E-state index in [4.69, 9.17) is 4.74 Å². The molecule has 1 saturated heterocycles. The molecule has 2 aliphatic rings. The molecule has 2 aromatic carbocycles. The van der Waals surface area contributed by atoms with Crippen molar-refractivity contribution in [3.8, 4) is 0 Å². The van der Waals surface area contributed by atoms with Crippen LogP contribution in [0.25, 0.3) is 0 Å². The van der Waals surface area contributed by atoms with Crippen LogP contribution in [-0.4, -0.2) is 41.3 Å². The van der Waals surface area contributed by atoms with Crippen molar-refractivity contribution < 1.29 is 13.2 Å². The van der Waals surface area contributed by atoms with Gasteiger partial charge in [0.1, 0.15) is 0 Å². The van der Waals surface area contributed by atoms with E-state index in [-0.39, 0.29) is 5.92 Å². The molecule has 34 heavy (non-hydrogen) atoms. The smallest absolute Gasteiger partial charge is 0.264 e. The van der Waals surface area contributed by atoms with Gasteiger partial charge in [-0.25, -0.2) is 8.42 Å². The van der Waals surface area contributed by atoms with E-state index in [0.717, 1.165) is 63.2 Å². The van der Waals surface area contributed by atoms with E-state index in [1.807, 2.05) is 50.2 Å². The molecule has 4 rings (SSSR count). The summed E-state index contributed by atoms with van der Waals surface area (Å²) in [5, 5.41) is 0. The van der Waals surface area contributed by atoms with Gasteiger partial charge in [0.15, 0.2) is 0 Å². The Morgan fingerprint density at radius 3 is 2.35 bits per heavy atom. The van der Waals surface area contributed by atoms with Gasteiger partial charge in [-0.2, -0.15) is 0 Å². The van der Waals surface area contributed by atoms with Gasteiger partial charge in [-0.05, 0) is 79.0 Å². The third kappa shape index (κ3) is 6.14. The number of ether oxygens (including phenoxy) is 1. The van der Waals surface area contributed by atoms with Crippen LogP contribution in [-0.2, 0) is 27.6 Å². The third-order valence-corrected chi connectivity index (χ3v) is 8.40. The Morgan fingerprint density at radius 1 is 1.06 bits per heavy atom. The van der Waals surface area contributed by atoms with Gasteiger partial charge in [-0.1, -0.05) is 46.8 Å². The molecule has 2 aromatic rings. The highest BCUT2D eigenvalue weighted by atomic mass is 32.2. The number of rotatable bonds is 8. The van der Waals surface area contributed by atoms with E-state index in [1.54, 1.807) is 10.4 Å². The van der Waals surface area contributed by atoms with Crippen molar-refractivity contribution in [3.63, 3.8) is 0 Å². The highest BCUT2D eigenvalue weighted by Gasteiger charge is 2.29. The summed E-state index contributed by atoms with van der Waals surface area (Å²) in [5.74, 6) is 0.880. The largest absolute Gasteiger partial charge is 0.381 e. The summed E-state index contributed by atoms with van der Waals surface area (Å²) in [7, 11) is -3.64. The molecular formula is C28H42N2O3S. The van der Waals surface area contributed by atoms with Crippen LogP contribution in [0.5, 0.6) is 0 Å². The summed E-state index contributed by atoms with van der Waals surface area (Å²) in [6.45, 7) is 14.4. The molecule has 0 radical (unpaired) electrons. The van der Waals surface area contributed by atoms with Crippen molar-refractivity contribution in [2.75, 3.05) is 42.1 Å². The topological polar surface area (TPSA) is 49.9 Å². The number of hydrogen-bond donors (Lipinski definition) is 0. The van der Waals surface area contributed by atoms with Crippen LogP contribution < -0.4 is 9.21 Å². The highest BCUT2D eigenvalue weighted by molar-refractivity contribution is 7.92. The molecule has 0 unspecified atom stereocenters. The average Bonchev–Trinajstić information content (AvgIpc) is 3.26. The maximum Gasteiger partial charge on any atom is 0.264 e. The monoisotopic (exact) mass is 486 g/mol. The molecule has 0 N–H and O–H groups in total. The Hall–Kier alpha value is -2.05. The van der Waals surface area contributed by atoms with Gasteiger partial charge in [0.2, 0.25) is 0 Å². The lowest BCUT2D eigenvalue weighted by Crippen LogP contribution is -2.34. The number of aryl methyl sites for hydroxylation is 1. The molecule has 1 fully saturated rings. The lowest BCUT2D eigenvalue weighted by molar-refractivity contribution is 0.0683. The Bertz CT molecular complexity index is 1010. The third-order valence-electron chi connectivity index (χ3n) is 6.61. The average molecular weight is 487 g/mol. The fourth-order valence-corrected chi connectivity index (χ4v) is 6.42. The second-order valence-electron chi connectivity index (χ2n) is 9.49. The van der Waals surface area contributed by atoms with Crippen molar-refractivity contribution in [2.45, 2.75) is 65.2 Å². The van der Waals surface area contributed by atoms with Crippen molar-refractivity contribution in [1.29, 1.82) is 0 Å². The van der Waals surface area contributed by atoms with Gasteiger partial charge in [0.05, 0.1) is 10.6 Å². The number of anilines is 2. The van der Waals surface area contributed by atoms with Crippen LogP contribution in [0.15, 0.2) is 47.4 Å². The second-order valence-corrected chi connectivity index (χ2v) is 11.4. The number of sulfonamides is 1. The van der Waals surface area contributed by atoms with Gasteiger partial charge in [0.25, 0.3) is 10.0 Å². The van der Waals surface area contributed by atoms with Crippen LogP contribution in [0.1, 0.15) is 58.6 Å². The number of benzene rings is 2. The molecule has 0 aromatic heterocycles. The Morgan fingerprint density at radius 2 is 1.74 bits per heavy atom. The molecule has 0 spiro atoms. The quantitative estimate of drug-likeness (QED) is 0.465. The zero-order chi connectivity index (χ0) is 24.7. The first kappa shape index (κ1) is 26.6. The number of fused-ring (bicyclic) bond motifs is 1. The SMILES string of the molecule is CC.CCc1ccc(N(CC(C)C)S(=O)(=O)c2ccc3c(c2)CCN3CC2CCOCC2)cc1. The van der Waals surface area contributed by atoms with Crippen molar-refractivity contribution in [1.82, 2.24) is 0 Å². The van der Waals surface area contributed by atoms with E-state index in [0.29, 0.717) is 17.4 Å². The molecule has 5 nitrogen and oxygen atoms in total. The van der Waals surface area contributed by atoms with Crippen molar-refractivity contribution >= 4 is 21.4 Å². The van der Waals surface area contributed by atoms with Gasteiger partial charge in [-0.3, -0.25) is 4.31 Å². The second kappa shape index (κ2) is 12.1. The number of hydrogen-bond acceptors (Lipinski definition) is 4. The Balaban J connectivity index is 0.00000158. The summed E-state index contributed by atoms with van der Waals surface area (Å²) in [6.07, 6.45) is 4.06.